The third kappa shape index (κ3) is 3.09. The fraction of sp³-hybridized carbons (Fsp3) is 0.333. The zero-order valence-electron chi connectivity index (χ0n) is 12.1. The van der Waals surface area contributed by atoms with Crippen molar-refractivity contribution in [1.29, 1.82) is 0 Å². The molecule has 0 aromatic heterocycles. The van der Waals surface area contributed by atoms with Crippen LogP contribution < -0.4 is 0 Å². The molecule has 0 amide bonds. The van der Waals surface area contributed by atoms with Gasteiger partial charge in [0.25, 0.3) is 0 Å². The topological polar surface area (TPSA) is 40.5 Å². The summed E-state index contributed by atoms with van der Waals surface area (Å²) in [5.74, 6) is 0. The fourth-order valence-corrected chi connectivity index (χ4v) is 2.45. The van der Waals surface area contributed by atoms with Gasteiger partial charge in [-0.25, -0.2) is 0 Å². The molecule has 0 saturated heterocycles. The van der Waals surface area contributed by atoms with Crippen LogP contribution in [0.15, 0.2) is 48.5 Å². The number of hydrogen-bond donors (Lipinski definition) is 2. The first kappa shape index (κ1) is 14.8. The van der Waals surface area contributed by atoms with E-state index in [1.54, 1.807) is 0 Å². The second-order valence-electron chi connectivity index (χ2n) is 5.62. The average molecular weight is 270 g/mol. The molecule has 0 saturated carbocycles. The van der Waals surface area contributed by atoms with E-state index in [-0.39, 0.29) is 13.2 Å². The second-order valence-corrected chi connectivity index (χ2v) is 5.62. The highest BCUT2D eigenvalue weighted by molar-refractivity contribution is 5.33. The third-order valence-corrected chi connectivity index (χ3v) is 3.93. The number of aliphatic hydroxyl groups excluding tert-OH is 2. The van der Waals surface area contributed by atoms with E-state index < -0.39 is 5.41 Å². The molecule has 0 aliphatic heterocycles. The largest absolute Gasteiger partial charge is 0.395 e. The van der Waals surface area contributed by atoms with Crippen molar-refractivity contribution in [2.45, 2.75) is 25.7 Å². The van der Waals surface area contributed by atoms with Gasteiger partial charge in [0.1, 0.15) is 0 Å². The lowest BCUT2D eigenvalue weighted by Gasteiger charge is -2.31. The molecule has 0 bridgehead atoms. The molecule has 0 heterocycles. The van der Waals surface area contributed by atoms with Crippen molar-refractivity contribution in [3.05, 3.63) is 70.8 Å². The molecule has 0 fully saturated rings. The lowest BCUT2D eigenvalue weighted by molar-refractivity contribution is 0.116. The van der Waals surface area contributed by atoms with Crippen LogP contribution in [-0.4, -0.2) is 23.4 Å². The maximum Gasteiger partial charge on any atom is 0.0553 e. The normalized spacial score (nSPS) is 11.6. The van der Waals surface area contributed by atoms with Crippen LogP contribution in [0.1, 0.15) is 22.3 Å². The molecule has 0 unspecified atom stereocenters. The van der Waals surface area contributed by atoms with Crippen LogP contribution >= 0.6 is 0 Å². The zero-order chi connectivity index (χ0) is 14.6. The first-order valence-electron chi connectivity index (χ1n) is 6.94. The van der Waals surface area contributed by atoms with Crippen LogP contribution in [0, 0.1) is 13.8 Å². The summed E-state index contributed by atoms with van der Waals surface area (Å²) < 4.78 is 0. The van der Waals surface area contributed by atoms with Gasteiger partial charge in [-0.15, -0.1) is 0 Å². The predicted molar refractivity (Wildman–Crippen MR) is 81.9 cm³/mol. The minimum Gasteiger partial charge on any atom is -0.395 e. The van der Waals surface area contributed by atoms with Gasteiger partial charge >= 0.3 is 0 Å². The smallest absolute Gasteiger partial charge is 0.0553 e. The Labute approximate surface area is 120 Å². The maximum absolute atomic E-state index is 9.86. The average Bonchev–Trinajstić information content (AvgIpc) is 2.48. The van der Waals surface area contributed by atoms with Crippen molar-refractivity contribution in [1.82, 2.24) is 0 Å². The molecule has 2 aromatic rings. The monoisotopic (exact) mass is 270 g/mol. The Morgan fingerprint density at radius 3 is 1.65 bits per heavy atom. The van der Waals surface area contributed by atoms with E-state index in [2.05, 4.69) is 31.2 Å². The van der Waals surface area contributed by atoms with Crippen LogP contribution in [0.2, 0.25) is 0 Å². The van der Waals surface area contributed by atoms with Gasteiger partial charge < -0.3 is 10.2 Å². The number of rotatable bonds is 5. The first-order chi connectivity index (χ1) is 9.59. The molecule has 2 heteroatoms. The lowest BCUT2D eigenvalue weighted by atomic mass is 9.76. The van der Waals surface area contributed by atoms with Gasteiger partial charge in [0.2, 0.25) is 0 Å². The SMILES string of the molecule is Cc1ccc(CC(CO)(CO)c2ccc(C)cc2)cc1. The summed E-state index contributed by atoms with van der Waals surface area (Å²) in [6.45, 7) is 3.94. The van der Waals surface area contributed by atoms with Crippen molar-refractivity contribution >= 4 is 0 Å². The Morgan fingerprint density at radius 1 is 0.750 bits per heavy atom. The second kappa shape index (κ2) is 6.21. The molecule has 0 aliphatic carbocycles. The summed E-state index contributed by atoms with van der Waals surface area (Å²) in [4.78, 5) is 0. The third-order valence-electron chi connectivity index (χ3n) is 3.93. The van der Waals surface area contributed by atoms with Crippen molar-refractivity contribution < 1.29 is 10.2 Å². The molecule has 2 aromatic carbocycles. The summed E-state index contributed by atoms with van der Waals surface area (Å²) in [6.07, 6.45) is 0.628. The molecule has 20 heavy (non-hydrogen) atoms. The van der Waals surface area contributed by atoms with Crippen LogP contribution in [0.25, 0.3) is 0 Å². The van der Waals surface area contributed by atoms with Gasteiger partial charge in [-0.1, -0.05) is 59.7 Å². The zero-order valence-corrected chi connectivity index (χ0v) is 12.1. The van der Waals surface area contributed by atoms with E-state index >= 15 is 0 Å². The van der Waals surface area contributed by atoms with E-state index in [4.69, 9.17) is 0 Å². The molecule has 0 radical (unpaired) electrons. The molecule has 2 rings (SSSR count). The van der Waals surface area contributed by atoms with Crippen molar-refractivity contribution in [3.63, 3.8) is 0 Å². The van der Waals surface area contributed by atoms with E-state index in [0.717, 1.165) is 11.1 Å². The highest BCUT2D eigenvalue weighted by atomic mass is 16.3. The number of aryl methyl sites for hydroxylation is 2. The predicted octanol–water partition coefficient (Wildman–Crippen LogP) is 2.77. The maximum atomic E-state index is 9.86. The molecular formula is C18H22O2. The summed E-state index contributed by atoms with van der Waals surface area (Å²) in [6, 6.07) is 16.3. The number of hydrogen-bond acceptors (Lipinski definition) is 2. The summed E-state index contributed by atoms with van der Waals surface area (Å²) in [7, 11) is 0. The molecule has 106 valence electrons. The van der Waals surface area contributed by atoms with E-state index in [9.17, 15) is 10.2 Å². The van der Waals surface area contributed by atoms with Gasteiger partial charge in [-0.2, -0.15) is 0 Å². The van der Waals surface area contributed by atoms with Gasteiger partial charge in [-0.3, -0.25) is 0 Å². The Hall–Kier alpha value is -1.64. The standard InChI is InChI=1S/C18H22O2/c1-14-3-7-16(8-4-14)11-18(12-19,13-20)17-9-5-15(2)6-10-17/h3-10,19-20H,11-13H2,1-2H3. The van der Waals surface area contributed by atoms with E-state index in [1.807, 2.05) is 31.2 Å². The summed E-state index contributed by atoms with van der Waals surface area (Å²) in [5.41, 5.74) is 3.87. The summed E-state index contributed by atoms with van der Waals surface area (Å²) >= 11 is 0. The number of aliphatic hydroxyl groups is 2. The Balaban J connectivity index is 2.33. The van der Waals surface area contributed by atoms with Crippen LogP contribution in [-0.2, 0) is 11.8 Å². The van der Waals surface area contributed by atoms with Gasteiger partial charge in [0.05, 0.1) is 13.2 Å². The van der Waals surface area contributed by atoms with Crippen molar-refractivity contribution in [2.75, 3.05) is 13.2 Å². The minimum atomic E-state index is -0.622. The summed E-state index contributed by atoms with van der Waals surface area (Å²) in [5, 5.41) is 19.7. The number of benzene rings is 2. The fourth-order valence-electron chi connectivity index (χ4n) is 2.45. The molecule has 2 N–H and O–H groups in total. The van der Waals surface area contributed by atoms with Crippen LogP contribution in [0.5, 0.6) is 0 Å². The minimum absolute atomic E-state index is 0.0690. The first-order valence-corrected chi connectivity index (χ1v) is 6.94. The van der Waals surface area contributed by atoms with E-state index in [0.29, 0.717) is 6.42 Å². The lowest BCUT2D eigenvalue weighted by Crippen LogP contribution is -2.37. The Kier molecular flexibility index (Phi) is 4.58. The molecular weight excluding hydrogens is 248 g/mol. The Bertz CT molecular complexity index is 537. The quantitative estimate of drug-likeness (QED) is 0.877. The highest BCUT2D eigenvalue weighted by Crippen LogP contribution is 2.28. The van der Waals surface area contributed by atoms with E-state index in [1.165, 1.54) is 11.1 Å². The molecule has 2 nitrogen and oxygen atoms in total. The van der Waals surface area contributed by atoms with Gasteiger partial charge in [-0.05, 0) is 31.4 Å². The van der Waals surface area contributed by atoms with Crippen molar-refractivity contribution in [2.24, 2.45) is 0 Å². The molecule has 0 spiro atoms. The van der Waals surface area contributed by atoms with Crippen molar-refractivity contribution in [3.8, 4) is 0 Å². The van der Waals surface area contributed by atoms with Gasteiger partial charge in [0, 0.05) is 5.41 Å². The molecule has 0 atom stereocenters. The highest BCUT2D eigenvalue weighted by Gasteiger charge is 2.31. The van der Waals surface area contributed by atoms with Gasteiger partial charge in [0.15, 0.2) is 0 Å². The Morgan fingerprint density at radius 2 is 1.20 bits per heavy atom. The van der Waals surface area contributed by atoms with Crippen LogP contribution in [0.3, 0.4) is 0 Å². The van der Waals surface area contributed by atoms with Crippen LogP contribution in [0.4, 0.5) is 0 Å². The molecule has 0 aliphatic rings.